The molecule has 0 spiro atoms. The molecule has 3 nitrogen and oxygen atoms in total. The van der Waals surface area contributed by atoms with Gasteiger partial charge in [0.15, 0.2) is 0 Å². The minimum Gasteiger partial charge on any atom is -0.445 e. The Hall–Kier alpha value is -2.29. The number of ether oxygens (including phenoxy) is 1. The number of amides is 1. The number of alkyl carbamates (subject to hydrolysis) is 1. The predicted molar refractivity (Wildman–Crippen MR) is 73.6 cm³/mol. The highest BCUT2D eigenvalue weighted by molar-refractivity contribution is 5.67. The number of benzene rings is 2. The second-order valence-electron chi connectivity index (χ2n) is 4.15. The van der Waals surface area contributed by atoms with E-state index >= 15 is 0 Å². The van der Waals surface area contributed by atoms with Gasteiger partial charge in [-0.3, -0.25) is 0 Å². The van der Waals surface area contributed by atoms with E-state index in [0.717, 1.165) is 12.0 Å². The van der Waals surface area contributed by atoms with Crippen molar-refractivity contribution in [2.45, 2.75) is 13.0 Å². The molecule has 1 amide bonds. The third-order valence-corrected chi connectivity index (χ3v) is 2.68. The van der Waals surface area contributed by atoms with Gasteiger partial charge in [0.2, 0.25) is 0 Å². The SMILES string of the molecule is O=C(NCCc1cc[c]cc1)OCc1ccccc1. The Morgan fingerprint density at radius 1 is 1.05 bits per heavy atom. The van der Waals surface area contributed by atoms with Gasteiger partial charge in [-0.05, 0) is 23.6 Å². The van der Waals surface area contributed by atoms with E-state index in [0.29, 0.717) is 13.2 Å². The van der Waals surface area contributed by atoms with Gasteiger partial charge in [0.25, 0.3) is 0 Å². The minimum atomic E-state index is -0.383. The van der Waals surface area contributed by atoms with E-state index in [9.17, 15) is 4.79 Å². The Morgan fingerprint density at radius 2 is 1.79 bits per heavy atom. The first kappa shape index (κ1) is 13.1. The largest absolute Gasteiger partial charge is 0.445 e. The van der Waals surface area contributed by atoms with Crippen LogP contribution in [0.1, 0.15) is 11.1 Å². The first-order chi connectivity index (χ1) is 9.34. The molecule has 0 saturated carbocycles. The van der Waals surface area contributed by atoms with Crippen LogP contribution in [0.2, 0.25) is 0 Å². The van der Waals surface area contributed by atoms with Crippen molar-refractivity contribution >= 4 is 6.09 Å². The van der Waals surface area contributed by atoms with Crippen LogP contribution in [0.5, 0.6) is 0 Å². The summed E-state index contributed by atoms with van der Waals surface area (Å²) < 4.78 is 5.11. The fraction of sp³-hybridized carbons (Fsp3) is 0.188. The quantitative estimate of drug-likeness (QED) is 0.890. The summed E-state index contributed by atoms with van der Waals surface area (Å²) in [6.07, 6.45) is 0.404. The van der Waals surface area contributed by atoms with Gasteiger partial charge in [-0.25, -0.2) is 4.79 Å². The molecule has 0 aliphatic heterocycles. The summed E-state index contributed by atoms with van der Waals surface area (Å²) in [6.45, 7) is 0.866. The van der Waals surface area contributed by atoms with Crippen LogP contribution in [0.3, 0.4) is 0 Å². The maximum Gasteiger partial charge on any atom is 0.407 e. The summed E-state index contributed by atoms with van der Waals surface area (Å²) in [4.78, 5) is 11.5. The van der Waals surface area contributed by atoms with E-state index in [-0.39, 0.29) is 6.09 Å². The monoisotopic (exact) mass is 254 g/mol. The predicted octanol–water partition coefficient (Wildman–Crippen LogP) is 2.96. The Morgan fingerprint density at radius 3 is 2.53 bits per heavy atom. The van der Waals surface area contributed by atoms with Crippen LogP contribution in [0.15, 0.2) is 54.6 Å². The smallest absolute Gasteiger partial charge is 0.407 e. The maximum absolute atomic E-state index is 11.5. The van der Waals surface area contributed by atoms with Crippen LogP contribution in [0, 0.1) is 6.07 Å². The molecule has 0 fully saturated rings. The summed E-state index contributed by atoms with van der Waals surface area (Å²) in [5.74, 6) is 0. The molecule has 0 heterocycles. The molecular weight excluding hydrogens is 238 g/mol. The molecule has 0 aliphatic rings. The van der Waals surface area contributed by atoms with Crippen LogP contribution in [0.25, 0.3) is 0 Å². The van der Waals surface area contributed by atoms with Crippen molar-refractivity contribution in [2.24, 2.45) is 0 Å². The number of rotatable bonds is 5. The van der Waals surface area contributed by atoms with Gasteiger partial charge in [0.05, 0.1) is 0 Å². The van der Waals surface area contributed by atoms with Crippen LogP contribution in [0.4, 0.5) is 4.79 Å². The summed E-state index contributed by atoms with van der Waals surface area (Å²) in [5, 5.41) is 2.73. The molecule has 0 aromatic heterocycles. The van der Waals surface area contributed by atoms with Gasteiger partial charge in [0, 0.05) is 6.54 Å². The lowest BCUT2D eigenvalue weighted by atomic mass is 10.1. The summed E-state index contributed by atoms with van der Waals surface area (Å²) >= 11 is 0. The van der Waals surface area contributed by atoms with E-state index in [1.54, 1.807) is 0 Å². The lowest BCUT2D eigenvalue weighted by Crippen LogP contribution is -2.26. The van der Waals surface area contributed by atoms with Crippen molar-refractivity contribution in [1.82, 2.24) is 5.32 Å². The highest BCUT2D eigenvalue weighted by Gasteiger charge is 2.01. The number of carbonyl (C=O) groups excluding carboxylic acids is 1. The highest BCUT2D eigenvalue weighted by atomic mass is 16.5. The molecule has 0 aliphatic carbocycles. The normalized spacial score (nSPS) is 9.89. The van der Waals surface area contributed by atoms with Crippen molar-refractivity contribution in [3.8, 4) is 0 Å². The first-order valence-electron chi connectivity index (χ1n) is 6.24. The first-order valence-corrected chi connectivity index (χ1v) is 6.24. The second-order valence-corrected chi connectivity index (χ2v) is 4.15. The van der Waals surface area contributed by atoms with E-state index in [2.05, 4.69) is 11.4 Å². The number of carbonyl (C=O) groups is 1. The number of nitrogens with one attached hydrogen (secondary N) is 1. The third kappa shape index (κ3) is 4.84. The lowest BCUT2D eigenvalue weighted by molar-refractivity contribution is 0.140. The number of hydrogen-bond acceptors (Lipinski definition) is 2. The second kappa shape index (κ2) is 7.21. The molecule has 0 unspecified atom stereocenters. The Kier molecular flexibility index (Phi) is 4.99. The molecule has 2 rings (SSSR count). The van der Waals surface area contributed by atoms with Crippen LogP contribution < -0.4 is 5.32 Å². The molecule has 3 heteroatoms. The van der Waals surface area contributed by atoms with E-state index < -0.39 is 0 Å². The Labute approximate surface area is 113 Å². The summed E-state index contributed by atoms with van der Waals surface area (Å²) in [6, 6.07) is 20.3. The maximum atomic E-state index is 11.5. The summed E-state index contributed by atoms with van der Waals surface area (Å²) in [5.41, 5.74) is 2.15. The van der Waals surface area contributed by atoms with Gasteiger partial charge in [-0.1, -0.05) is 54.6 Å². The molecule has 97 valence electrons. The van der Waals surface area contributed by atoms with Crippen LogP contribution in [-0.2, 0) is 17.8 Å². The van der Waals surface area contributed by atoms with E-state index in [1.807, 2.05) is 54.6 Å². The standard InChI is InChI=1S/C16H16NO2/c18-16(19-13-15-9-5-2-6-10-15)17-12-11-14-7-3-1-4-8-14/h2-10H,11-13H2,(H,17,18). The van der Waals surface area contributed by atoms with Crippen molar-refractivity contribution in [3.05, 3.63) is 71.8 Å². The molecule has 2 aromatic rings. The topological polar surface area (TPSA) is 38.3 Å². The zero-order valence-electron chi connectivity index (χ0n) is 10.6. The average molecular weight is 254 g/mol. The Balaban J connectivity index is 1.65. The molecule has 19 heavy (non-hydrogen) atoms. The average Bonchev–Trinajstić information content (AvgIpc) is 2.47. The minimum absolute atomic E-state index is 0.299. The zero-order chi connectivity index (χ0) is 13.3. The lowest BCUT2D eigenvalue weighted by Gasteiger charge is -2.07. The molecule has 0 atom stereocenters. The highest BCUT2D eigenvalue weighted by Crippen LogP contribution is 2.01. The van der Waals surface area contributed by atoms with Gasteiger partial charge in [-0.15, -0.1) is 0 Å². The summed E-state index contributed by atoms with van der Waals surface area (Å²) in [7, 11) is 0. The number of hydrogen-bond donors (Lipinski definition) is 1. The Bertz CT molecular complexity index is 497. The van der Waals surface area contributed by atoms with Gasteiger partial charge in [-0.2, -0.15) is 0 Å². The van der Waals surface area contributed by atoms with Crippen LogP contribution in [-0.4, -0.2) is 12.6 Å². The van der Waals surface area contributed by atoms with Crippen molar-refractivity contribution in [2.75, 3.05) is 6.54 Å². The third-order valence-electron chi connectivity index (χ3n) is 2.68. The molecule has 1 radical (unpaired) electrons. The van der Waals surface area contributed by atoms with E-state index in [1.165, 1.54) is 5.56 Å². The van der Waals surface area contributed by atoms with Gasteiger partial charge >= 0.3 is 6.09 Å². The molecule has 0 saturated heterocycles. The van der Waals surface area contributed by atoms with Crippen molar-refractivity contribution in [1.29, 1.82) is 0 Å². The molecule has 0 bridgehead atoms. The van der Waals surface area contributed by atoms with E-state index in [4.69, 9.17) is 4.74 Å². The van der Waals surface area contributed by atoms with Crippen molar-refractivity contribution in [3.63, 3.8) is 0 Å². The zero-order valence-corrected chi connectivity index (χ0v) is 10.6. The molecular formula is C16H16NO2. The van der Waals surface area contributed by atoms with Crippen molar-refractivity contribution < 1.29 is 9.53 Å². The molecule has 2 aromatic carbocycles. The fourth-order valence-corrected chi connectivity index (χ4v) is 1.67. The fourth-order valence-electron chi connectivity index (χ4n) is 1.67. The van der Waals surface area contributed by atoms with Crippen LogP contribution >= 0.6 is 0 Å². The molecule has 1 N–H and O–H groups in total. The van der Waals surface area contributed by atoms with Gasteiger partial charge < -0.3 is 10.1 Å². The van der Waals surface area contributed by atoms with Gasteiger partial charge in [0.1, 0.15) is 6.61 Å².